The number of ether oxygens (including phenoxy) is 1. The minimum atomic E-state index is -0.144. The van der Waals surface area contributed by atoms with Crippen LogP contribution in [0.2, 0.25) is 0 Å². The van der Waals surface area contributed by atoms with Gasteiger partial charge in [-0.25, -0.2) is 0 Å². The molecule has 0 aromatic heterocycles. The molecule has 0 aromatic carbocycles. The van der Waals surface area contributed by atoms with Gasteiger partial charge in [0.05, 0.1) is 5.60 Å². The monoisotopic (exact) mass is 146 g/mol. The minimum Gasteiger partial charge on any atom is -0.377 e. The Morgan fingerprint density at radius 1 is 1.70 bits per heavy atom. The molecule has 0 aliphatic carbocycles. The molecular formula is C7H18N2O. The Balaban J connectivity index is 4.02. The first kappa shape index (κ1) is 9.88. The van der Waals surface area contributed by atoms with Crippen LogP contribution in [-0.4, -0.2) is 18.8 Å². The molecular weight excluding hydrogens is 128 g/mol. The van der Waals surface area contributed by atoms with Crippen molar-refractivity contribution in [1.29, 1.82) is 0 Å². The highest BCUT2D eigenvalue weighted by Crippen LogP contribution is 2.17. The molecule has 2 unspecified atom stereocenters. The molecule has 3 heteroatoms. The Kier molecular flexibility index (Phi) is 3.86. The third-order valence-electron chi connectivity index (χ3n) is 2.33. The maximum atomic E-state index is 5.30. The van der Waals surface area contributed by atoms with Crippen LogP contribution in [-0.2, 0) is 4.74 Å². The summed E-state index contributed by atoms with van der Waals surface area (Å²) in [5, 5.41) is 0. The molecule has 0 saturated heterocycles. The number of hydrogen-bond acceptors (Lipinski definition) is 3. The number of nitrogens with two attached hydrogens (primary N) is 1. The highest BCUT2D eigenvalue weighted by molar-refractivity contribution is 4.83. The van der Waals surface area contributed by atoms with Gasteiger partial charge in [0.2, 0.25) is 0 Å². The van der Waals surface area contributed by atoms with Crippen molar-refractivity contribution in [2.45, 2.75) is 38.8 Å². The van der Waals surface area contributed by atoms with Crippen molar-refractivity contribution in [3.63, 3.8) is 0 Å². The van der Waals surface area contributed by atoms with Gasteiger partial charge in [-0.2, -0.15) is 0 Å². The zero-order valence-electron chi connectivity index (χ0n) is 7.27. The highest BCUT2D eigenvalue weighted by Gasteiger charge is 2.27. The third-order valence-corrected chi connectivity index (χ3v) is 2.33. The maximum Gasteiger partial charge on any atom is 0.0811 e. The van der Waals surface area contributed by atoms with E-state index in [0.717, 1.165) is 6.42 Å². The van der Waals surface area contributed by atoms with E-state index in [1.807, 2.05) is 13.8 Å². The fourth-order valence-corrected chi connectivity index (χ4v) is 0.804. The molecule has 62 valence electrons. The predicted octanol–water partition coefficient (Wildman–Crippen LogP) is 0.653. The normalized spacial score (nSPS) is 20.1. The largest absolute Gasteiger partial charge is 0.377 e. The second kappa shape index (κ2) is 3.91. The summed E-state index contributed by atoms with van der Waals surface area (Å²) in [6, 6.07) is 0.183. The Hall–Kier alpha value is -0.120. The van der Waals surface area contributed by atoms with E-state index >= 15 is 0 Å². The van der Waals surface area contributed by atoms with E-state index in [1.54, 1.807) is 7.11 Å². The molecule has 0 heterocycles. The Morgan fingerprint density at radius 2 is 2.20 bits per heavy atom. The standard InChI is InChI=1S/C7H18N2O/c1-5-7(3,10-4)6(2)9-8/h6,9H,5,8H2,1-4H3. The average molecular weight is 146 g/mol. The highest BCUT2D eigenvalue weighted by atomic mass is 16.5. The third kappa shape index (κ3) is 1.94. The first-order valence-electron chi connectivity index (χ1n) is 3.62. The first-order chi connectivity index (χ1) is 4.60. The minimum absolute atomic E-state index is 0.144. The second-order valence-electron chi connectivity index (χ2n) is 2.76. The quantitative estimate of drug-likeness (QED) is 0.452. The summed E-state index contributed by atoms with van der Waals surface area (Å²) in [6.07, 6.45) is 0.953. The number of methoxy groups -OCH3 is 1. The van der Waals surface area contributed by atoms with Crippen LogP contribution in [0.3, 0.4) is 0 Å². The summed E-state index contributed by atoms with van der Waals surface area (Å²) < 4.78 is 5.30. The summed E-state index contributed by atoms with van der Waals surface area (Å²) in [6.45, 7) is 6.13. The molecule has 0 aromatic rings. The Bertz CT molecular complexity index is 91.6. The molecule has 0 spiro atoms. The fraction of sp³-hybridized carbons (Fsp3) is 1.00. The summed E-state index contributed by atoms with van der Waals surface area (Å²) in [5.41, 5.74) is 2.54. The Labute approximate surface area is 62.9 Å². The van der Waals surface area contributed by atoms with E-state index in [1.165, 1.54) is 0 Å². The van der Waals surface area contributed by atoms with Crippen molar-refractivity contribution < 1.29 is 4.74 Å². The second-order valence-corrected chi connectivity index (χ2v) is 2.76. The van der Waals surface area contributed by atoms with Crippen LogP contribution >= 0.6 is 0 Å². The van der Waals surface area contributed by atoms with Crippen LogP contribution in [0.5, 0.6) is 0 Å². The average Bonchev–Trinajstić information content (AvgIpc) is 2.01. The first-order valence-corrected chi connectivity index (χ1v) is 3.62. The lowest BCUT2D eigenvalue weighted by atomic mass is 9.95. The van der Waals surface area contributed by atoms with E-state index in [2.05, 4.69) is 12.3 Å². The summed E-state index contributed by atoms with van der Waals surface area (Å²) in [5.74, 6) is 5.28. The molecule has 3 N–H and O–H groups in total. The molecule has 10 heavy (non-hydrogen) atoms. The van der Waals surface area contributed by atoms with Crippen LogP contribution in [0.15, 0.2) is 0 Å². The van der Waals surface area contributed by atoms with E-state index in [9.17, 15) is 0 Å². The van der Waals surface area contributed by atoms with Gasteiger partial charge in [-0.3, -0.25) is 11.3 Å². The van der Waals surface area contributed by atoms with Gasteiger partial charge < -0.3 is 4.74 Å². The van der Waals surface area contributed by atoms with Crippen molar-refractivity contribution >= 4 is 0 Å². The van der Waals surface area contributed by atoms with Gasteiger partial charge in [0, 0.05) is 13.2 Å². The zero-order valence-corrected chi connectivity index (χ0v) is 7.27. The van der Waals surface area contributed by atoms with Crippen LogP contribution in [0.4, 0.5) is 0 Å². The van der Waals surface area contributed by atoms with Gasteiger partial charge in [0.1, 0.15) is 0 Å². The predicted molar refractivity (Wildman–Crippen MR) is 42.5 cm³/mol. The number of nitrogens with one attached hydrogen (secondary N) is 1. The summed E-state index contributed by atoms with van der Waals surface area (Å²) in [7, 11) is 1.71. The Morgan fingerprint density at radius 3 is 2.30 bits per heavy atom. The SMILES string of the molecule is CCC(C)(OC)C(C)NN. The molecule has 2 atom stereocenters. The van der Waals surface area contributed by atoms with Gasteiger partial charge in [-0.1, -0.05) is 6.92 Å². The van der Waals surface area contributed by atoms with E-state index < -0.39 is 0 Å². The van der Waals surface area contributed by atoms with Crippen molar-refractivity contribution in [2.24, 2.45) is 5.84 Å². The van der Waals surface area contributed by atoms with Crippen LogP contribution in [0, 0.1) is 0 Å². The molecule has 0 fully saturated rings. The van der Waals surface area contributed by atoms with Crippen LogP contribution in [0.1, 0.15) is 27.2 Å². The van der Waals surface area contributed by atoms with E-state index in [4.69, 9.17) is 10.6 Å². The smallest absolute Gasteiger partial charge is 0.0811 e. The topological polar surface area (TPSA) is 47.3 Å². The van der Waals surface area contributed by atoms with Crippen molar-refractivity contribution in [3.8, 4) is 0 Å². The van der Waals surface area contributed by atoms with Crippen molar-refractivity contribution in [2.75, 3.05) is 7.11 Å². The fourth-order valence-electron chi connectivity index (χ4n) is 0.804. The van der Waals surface area contributed by atoms with Gasteiger partial charge in [-0.05, 0) is 20.3 Å². The van der Waals surface area contributed by atoms with Crippen LogP contribution in [0.25, 0.3) is 0 Å². The molecule has 0 aliphatic heterocycles. The van der Waals surface area contributed by atoms with Gasteiger partial charge in [-0.15, -0.1) is 0 Å². The molecule has 0 aliphatic rings. The molecule has 0 bridgehead atoms. The van der Waals surface area contributed by atoms with Crippen LogP contribution < -0.4 is 11.3 Å². The molecule has 0 rings (SSSR count). The lowest BCUT2D eigenvalue weighted by molar-refractivity contribution is -0.0238. The zero-order chi connectivity index (χ0) is 8.20. The number of hydrazine groups is 1. The van der Waals surface area contributed by atoms with Gasteiger partial charge in [0.25, 0.3) is 0 Å². The van der Waals surface area contributed by atoms with E-state index in [0.29, 0.717) is 0 Å². The number of hydrogen-bond donors (Lipinski definition) is 2. The molecule has 0 amide bonds. The van der Waals surface area contributed by atoms with Gasteiger partial charge in [0.15, 0.2) is 0 Å². The van der Waals surface area contributed by atoms with E-state index in [-0.39, 0.29) is 11.6 Å². The maximum absolute atomic E-state index is 5.30. The lowest BCUT2D eigenvalue weighted by Gasteiger charge is -2.32. The molecule has 0 radical (unpaired) electrons. The molecule has 3 nitrogen and oxygen atoms in total. The van der Waals surface area contributed by atoms with Gasteiger partial charge >= 0.3 is 0 Å². The number of rotatable bonds is 4. The van der Waals surface area contributed by atoms with Crippen molar-refractivity contribution in [1.82, 2.24) is 5.43 Å². The van der Waals surface area contributed by atoms with Crippen molar-refractivity contribution in [3.05, 3.63) is 0 Å². The summed E-state index contributed by atoms with van der Waals surface area (Å²) >= 11 is 0. The molecule has 0 saturated carbocycles. The summed E-state index contributed by atoms with van der Waals surface area (Å²) in [4.78, 5) is 0. The lowest BCUT2D eigenvalue weighted by Crippen LogP contribution is -2.50.